The number of aromatic nitrogens is 1. The van der Waals surface area contributed by atoms with Gasteiger partial charge in [0.25, 0.3) is 0 Å². The van der Waals surface area contributed by atoms with Crippen LogP contribution in [0.3, 0.4) is 0 Å². The van der Waals surface area contributed by atoms with Crippen molar-refractivity contribution in [2.24, 2.45) is 5.73 Å². The zero-order chi connectivity index (χ0) is 10.7. The molecule has 0 saturated carbocycles. The third kappa shape index (κ3) is 2.12. The summed E-state index contributed by atoms with van der Waals surface area (Å²) >= 11 is 5.60. The molecule has 0 aliphatic carbocycles. The Bertz CT molecular complexity index is 356. The van der Waals surface area contributed by atoms with Crippen LogP contribution in [0, 0.1) is 0 Å². The fraction of sp³-hybridized carbons (Fsp3) is 0.250. The van der Waals surface area contributed by atoms with E-state index in [1.54, 1.807) is 0 Å². The van der Waals surface area contributed by atoms with Gasteiger partial charge < -0.3 is 15.6 Å². The molecule has 0 aliphatic heterocycles. The van der Waals surface area contributed by atoms with Gasteiger partial charge in [0, 0.05) is 17.8 Å². The minimum absolute atomic E-state index is 0.225. The molecule has 0 saturated heterocycles. The molecule has 5 nitrogen and oxygen atoms in total. The first-order chi connectivity index (χ1) is 6.56. The van der Waals surface area contributed by atoms with Gasteiger partial charge in [-0.1, -0.05) is 11.6 Å². The van der Waals surface area contributed by atoms with Crippen molar-refractivity contribution in [3.8, 4) is 5.75 Å². The van der Waals surface area contributed by atoms with Crippen LogP contribution < -0.4 is 10.5 Å². The topological polar surface area (TPSA) is 85.4 Å². The van der Waals surface area contributed by atoms with Crippen molar-refractivity contribution in [2.45, 2.75) is 6.04 Å². The van der Waals surface area contributed by atoms with Gasteiger partial charge in [-0.15, -0.1) is 0 Å². The number of ether oxygens (including phenoxy) is 1. The molecule has 3 N–H and O–H groups in total. The van der Waals surface area contributed by atoms with Crippen LogP contribution in [-0.4, -0.2) is 23.2 Å². The van der Waals surface area contributed by atoms with Gasteiger partial charge in [0.05, 0.1) is 7.11 Å². The van der Waals surface area contributed by atoms with Crippen LogP contribution in [0.2, 0.25) is 5.15 Å². The van der Waals surface area contributed by atoms with Crippen molar-refractivity contribution >= 4 is 17.6 Å². The van der Waals surface area contributed by atoms with Crippen LogP contribution >= 0.6 is 11.6 Å². The number of rotatable bonds is 3. The molecule has 1 heterocycles. The summed E-state index contributed by atoms with van der Waals surface area (Å²) in [5.41, 5.74) is 5.70. The first-order valence-electron chi connectivity index (χ1n) is 3.74. The lowest BCUT2D eigenvalue weighted by Crippen LogP contribution is -2.21. The average Bonchev–Trinajstić information content (AvgIpc) is 2.16. The Morgan fingerprint density at radius 3 is 2.93 bits per heavy atom. The molecule has 0 bridgehead atoms. The summed E-state index contributed by atoms with van der Waals surface area (Å²) < 4.78 is 4.93. The van der Waals surface area contributed by atoms with Crippen molar-refractivity contribution in [3.63, 3.8) is 0 Å². The molecular formula is C8H9ClN2O3. The molecule has 6 heteroatoms. The fourth-order valence-electron chi connectivity index (χ4n) is 0.967. The molecule has 1 aromatic rings. The summed E-state index contributed by atoms with van der Waals surface area (Å²) in [6, 6.07) is 0.259. The summed E-state index contributed by atoms with van der Waals surface area (Å²) in [5.74, 6) is -0.827. The standard InChI is InChI=1S/C8H9ClN2O3/c1-14-5-2-6(9)11-3-4(5)7(10)8(12)13/h2-3,7H,10H2,1H3,(H,12,13)/t7-/m0/s1. The van der Waals surface area contributed by atoms with Gasteiger partial charge in [0.2, 0.25) is 0 Å². The van der Waals surface area contributed by atoms with Crippen molar-refractivity contribution in [1.82, 2.24) is 4.98 Å². The van der Waals surface area contributed by atoms with Gasteiger partial charge in [-0.05, 0) is 0 Å². The molecule has 0 aromatic carbocycles. The number of methoxy groups -OCH3 is 1. The predicted octanol–water partition coefficient (Wildman–Crippen LogP) is 0.828. The predicted molar refractivity (Wildman–Crippen MR) is 50.4 cm³/mol. The molecule has 0 aliphatic rings. The van der Waals surface area contributed by atoms with Crippen LogP contribution in [0.4, 0.5) is 0 Å². The summed E-state index contributed by atoms with van der Waals surface area (Å²) in [6.07, 6.45) is 1.29. The number of nitrogens with two attached hydrogens (primary N) is 1. The number of nitrogens with zero attached hydrogens (tertiary/aromatic N) is 1. The number of hydrogen-bond donors (Lipinski definition) is 2. The molecule has 1 atom stereocenters. The normalized spacial score (nSPS) is 12.2. The second-order valence-electron chi connectivity index (χ2n) is 2.56. The fourth-order valence-corrected chi connectivity index (χ4v) is 1.11. The lowest BCUT2D eigenvalue weighted by Gasteiger charge is -2.11. The monoisotopic (exact) mass is 216 g/mol. The van der Waals surface area contributed by atoms with Gasteiger partial charge in [-0.25, -0.2) is 4.98 Å². The van der Waals surface area contributed by atoms with E-state index in [9.17, 15) is 4.79 Å². The van der Waals surface area contributed by atoms with Crippen molar-refractivity contribution in [1.29, 1.82) is 0 Å². The highest BCUT2D eigenvalue weighted by atomic mass is 35.5. The van der Waals surface area contributed by atoms with E-state index in [-0.39, 0.29) is 5.15 Å². The largest absolute Gasteiger partial charge is 0.496 e. The Morgan fingerprint density at radius 2 is 2.43 bits per heavy atom. The molecule has 0 amide bonds. The quantitative estimate of drug-likeness (QED) is 0.731. The maximum absolute atomic E-state index is 10.6. The van der Waals surface area contributed by atoms with E-state index in [0.717, 1.165) is 0 Å². The lowest BCUT2D eigenvalue weighted by atomic mass is 10.1. The van der Waals surface area contributed by atoms with Crippen LogP contribution in [-0.2, 0) is 4.79 Å². The van der Waals surface area contributed by atoms with Gasteiger partial charge in [-0.2, -0.15) is 0 Å². The van der Waals surface area contributed by atoms with Crippen LogP contribution in [0.15, 0.2) is 12.3 Å². The Hall–Kier alpha value is -1.33. The molecule has 1 rings (SSSR count). The zero-order valence-corrected chi connectivity index (χ0v) is 8.15. The molecule has 0 radical (unpaired) electrons. The SMILES string of the molecule is COc1cc(Cl)ncc1[C@H](N)C(=O)O. The molecular weight excluding hydrogens is 208 g/mol. The number of aliphatic carboxylic acids is 1. The van der Waals surface area contributed by atoms with E-state index in [1.165, 1.54) is 19.4 Å². The van der Waals surface area contributed by atoms with E-state index in [1.807, 2.05) is 0 Å². The summed E-state index contributed by atoms with van der Waals surface area (Å²) in [5, 5.41) is 8.91. The molecule has 0 spiro atoms. The number of carboxylic acid groups (broad SMARTS) is 1. The third-order valence-corrected chi connectivity index (χ3v) is 1.89. The number of carbonyl (C=O) groups is 1. The van der Waals surface area contributed by atoms with Gasteiger partial charge in [-0.3, -0.25) is 4.79 Å². The van der Waals surface area contributed by atoms with Crippen molar-refractivity contribution in [3.05, 3.63) is 23.0 Å². The Balaban J connectivity index is 3.13. The lowest BCUT2D eigenvalue weighted by molar-refractivity contribution is -0.138. The summed E-state index contributed by atoms with van der Waals surface area (Å²) in [7, 11) is 1.41. The minimum atomic E-state index is -1.16. The van der Waals surface area contributed by atoms with Crippen LogP contribution in [0.25, 0.3) is 0 Å². The van der Waals surface area contributed by atoms with E-state index in [2.05, 4.69) is 4.98 Å². The number of hydrogen-bond acceptors (Lipinski definition) is 4. The second-order valence-corrected chi connectivity index (χ2v) is 2.95. The zero-order valence-electron chi connectivity index (χ0n) is 7.40. The number of pyridine rings is 1. The van der Waals surface area contributed by atoms with E-state index >= 15 is 0 Å². The Morgan fingerprint density at radius 1 is 1.79 bits per heavy atom. The molecule has 0 unspecified atom stereocenters. The Kier molecular flexibility index (Phi) is 3.27. The van der Waals surface area contributed by atoms with Crippen LogP contribution in [0.5, 0.6) is 5.75 Å². The average molecular weight is 217 g/mol. The third-order valence-electron chi connectivity index (χ3n) is 1.68. The minimum Gasteiger partial charge on any atom is -0.496 e. The molecule has 0 fully saturated rings. The van der Waals surface area contributed by atoms with E-state index in [0.29, 0.717) is 11.3 Å². The van der Waals surface area contributed by atoms with Gasteiger partial charge >= 0.3 is 5.97 Å². The maximum Gasteiger partial charge on any atom is 0.325 e. The molecule has 14 heavy (non-hydrogen) atoms. The van der Waals surface area contributed by atoms with Crippen LogP contribution in [0.1, 0.15) is 11.6 Å². The van der Waals surface area contributed by atoms with Crippen molar-refractivity contribution in [2.75, 3.05) is 7.11 Å². The smallest absolute Gasteiger partial charge is 0.325 e. The van der Waals surface area contributed by atoms with Crippen molar-refractivity contribution < 1.29 is 14.6 Å². The molecule has 76 valence electrons. The number of halogens is 1. The highest BCUT2D eigenvalue weighted by Crippen LogP contribution is 2.25. The van der Waals surface area contributed by atoms with Gasteiger partial charge in [0.1, 0.15) is 16.9 Å². The molecule has 1 aromatic heterocycles. The van der Waals surface area contributed by atoms with Gasteiger partial charge in [0.15, 0.2) is 0 Å². The first kappa shape index (κ1) is 10.7. The number of carboxylic acids is 1. The highest BCUT2D eigenvalue weighted by Gasteiger charge is 2.19. The summed E-state index contributed by atoms with van der Waals surface area (Å²) in [6.45, 7) is 0. The highest BCUT2D eigenvalue weighted by molar-refractivity contribution is 6.29. The van der Waals surface area contributed by atoms with E-state index in [4.69, 9.17) is 27.2 Å². The van der Waals surface area contributed by atoms with E-state index < -0.39 is 12.0 Å². The maximum atomic E-state index is 10.6. The summed E-state index contributed by atoms with van der Waals surface area (Å²) in [4.78, 5) is 14.3. The Labute approximate surface area is 85.5 Å². The first-order valence-corrected chi connectivity index (χ1v) is 4.12. The second kappa shape index (κ2) is 4.26.